The molecule has 1 aliphatic rings. The van der Waals surface area contributed by atoms with Gasteiger partial charge < -0.3 is 16.2 Å². The summed E-state index contributed by atoms with van der Waals surface area (Å²) in [5.74, 6) is -0.596. The monoisotopic (exact) mass is 264 g/mol. The highest BCUT2D eigenvalue weighted by Gasteiger charge is 2.18. The van der Waals surface area contributed by atoms with Gasteiger partial charge in [0.05, 0.1) is 5.69 Å². The second-order valence-electron chi connectivity index (χ2n) is 4.91. The smallest absolute Gasteiger partial charge is 0.354 e. The second kappa shape index (κ2) is 5.88. The van der Waals surface area contributed by atoms with Gasteiger partial charge in [0, 0.05) is 12.6 Å². The molecule has 1 aliphatic heterocycles. The van der Waals surface area contributed by atoms with Crippen molar-refractivity contribution in [1.82, 2.24) is 9.88 Å². The number of hydrogen-bond donors (Lipinski definition) is 3. The SMILES string of the molecule is CC(CNc1nc(C(=O)O)ccc1N)N1CCCC1. The van der Waals surface area contributed by atoms with Crippen molar-refractivity contribution in [3.05, 3.63) is 17.8 Å². The van der Waals surface area contributed by atoms with E-state index in [0.29, 0.717) is 24.1 Å². The maximum Gasteiger partial charge on any atom is 0.354 e. The number of nitrogens with zero attached hydrogens (tertiary/aromatic N) is 2. The fourth-order valence-electron chi connectivity index (χ4n) is 2.29. The number of hydrogen-bond acceptors (Lipinski definition) is 5. The van der Waals surface area contributed by atoms with Gasteiger partial charge in [-0.05, 0) is 45.0 Å². The predicted octanol–water partition coefficient (Wildman–Crippen LogP) is 1.26. The third-order valence-electron chi connectivity index (χ3n) is 3.47. The summed E-state index contributed by atoms with van der Waals surface area (Å²) >= 11 is 0. The number of nitrogen functional groups attached to an aromatic ring is 1. The van der Waals surface area contributed by atoms with E-state index in [1.165, 1.54) is 18.9 Å². The molecule has 0 bridgehead atoms. The van der Waals surface area contributed by atoms with Crippen LogP contribution in [0.1, 0.15) is 30.3 Å². The topological polar surface area (TPSA) is 91.5 Å². The summed E-state index contributed by atoms with van der Waals surface area (Å²) in [7, 11) is 0. The number of rotatable bonds is 5. The molecule has 0 spiro atoms. The van der Waals surface area contributed by atoms with Gasteiger partial charge in [-0.25, -0.2) is 9.78 Å². The lowest BCUT2D eigenvalue weighted by Gasteiger charge is -2.24. The van der Waals surface area contributed by atoms with E-state index in [1.807, 2.05) is 0 Å². The molecular formula is C13H20N4O2. The number of aromatic nitrogens is 1. The average molecular weight is 264 g/mol. The molecule has 4 N–H and O–H groups in total. The first-order valence-electron chi connectivity index (χ1n) is 6.55. The van der Waals surface area contributed by atoms with Crippen LogP contribution in [-0.2, 0) is 0 Å². The molecule has 0 radical (unpaired) electrons. The summed E-state index contributed by atoms with van der Waals surface area (Å²) in [6, 6.07) is 3.36. The van der Waals surface area contributed by atoms with Crippen molar-refractivity contribution in [3.63, 3.8) is 0 Å². The van der Waals surface area contributed by atoms with Crippen LogP contribution >= 0.6 is 0 Å². The van der Waals surface area contributed by atoms with Crippen molar-refractivity contribution < 1.29 is 9.90 Å². The van der Waals surface area contributed by atoms with E-state index in [0.717, 1.165) is 13.1 Å². The quantitative estimate of drug-likeness (QED) is 0.741. The normalized spacial score (nSPS) is 17.3. The van der Waals surface area contributed by atoms with Crippen molar-refractivity contribution in [2.45, 2.75) is 25.8 Å². The molecule has 19 heavy (non-hydrogen) atoms. The molecule has 6 nitrogen and oxygen atoms in total. The van der Waals surface area contributed by atoms with Crippen LogP contribution in [0.2, 0.25) is 0 Å². The molecule has 0 amide bonds. The summed E-state index contributed by atoms with van der Waals surface area (Å²) < 4.78 is 0. The van der Waals surface area contributed by atoms with Gasteiger partial charge in [-0.3, -0.25) is 4.90 Å². The Labute approximate surface area is 112 Å². The van der Waals surface area contributed by atoms with Crippen molar-refractivity contribution >= 4 is 17.5 Å². The fraction of sp³-hybridized carbons (Fsp3) is 0.538. The maximum absolute atomic E-state index is 10.9. The van der Waals surface area contributed by atoms with Gasteiger partial charge in [-0.2, -0.15) is 0 Å². The van der Waals surface area contributed by atoms with Crippen LogP contribution in [0, 0.1) is 0 Å². The van der Waals surface area contributed by atoms with E-state index in [9.17, 15) is 4.79 Å². The van der Waals surface area contributed by atoms with Gasteiger partial charge in [0.2, 0.25) is 0 Å². The van der Waals surface area contributed by atoms with Crippen molar-refractivity contribution in [3.8, 4) is 0 Å². The maximum atomic E-state index is 10.9. The number of nitrogens with one attached hydrogen (secondary N) is 1. The standard InChI is InChI=1S/C13H20N4O2/c1-9(17-6-2-3-7-17)8-15-12-10(14)4-5-11(16-12)13(18)19/h4-5,9H,2-3,6-8,14H2,1H3,(H,15,16)(H,18,19). The first-order valence-corrected chi connectivity index (χ1v) is 6.55. The highest BCUT2D eigenvalue weighted by Crippen LogP contribution is 2.17. The Kier molecular flexibility index (Phi) is 4.21. The lowest BCUT2D eigenvalue weighted by atomic mass is 10.2. The Morgan fingerprint density at radius 1 is 1.53 bits per heavy atom. The zero-order valence-electron chi connectivity index (χ0n) is 11.1. The van der Waals surface area contributed by atoms with Crippen molar-refractivity contribution in [2.75, 3.05) is 30.7 Å². The minimum Gasteiger partial charge on any atom is -0.477 e. The number of anilines is 2. The highest BCUT2D eigenvalue weighted by molar-refractivity contribution is 5.86. The Balaban J connectivity index is 1.98. The number of pyridine rings is 1. The van der Waals surface area contributed by atoms with Crippen LogP contribution in [0.4, 0.5) is 11.5 Å². The number of carboxylic acid groups (broad SMARTS) is 1. The fourth-order valence-corrected chi connectivity index (χ4v) is 2.29. The van der Waals surface area contributed by atoms with E-state index >= 15 is 0 Å². The average Bonchev–Trinajstić information content (AvgIpc) is 2.91. The molecule has 104 valence electrons. The van der Waals surface area contributed by atoms with E-state index < -0.39 is 5.97 Å². The number of aromatic carboxylic acids is 1. The molecule has 1 atom stereocenters. The number of nitrogens with two attached hydrogens (primary N) is 1. The first kappa shape index (κ1) is 13.6. The molecular weight excluding hydrogens is 244 g/mol. The van der Waals surface area contributed by atoms with Gasteiger partial charge in [-0.1, -0.05) is 0 Å². The molecule has 6 heteroatoms. The van der Waals surface area contributed by atoms with E-state index in [2.05, 4.69) is 22.1 Å². The van der Waals surface area contributed by atoms with Crippen LogP contribution in [0.3, 0.4) is 0 Å². The van der Waals surface area contributed by atoms with Crippen molar-refractivity contribution in [2.24, 2.45) is 0 Å². The minimum absolute atomic E-state index is 0.00512. The van der Waals surface area contributed by atoms with Crippen LogP contribution < -0.4 is 11.1 Å². The summed E-state index contributed by atoms with van der Waals surface area (Å²) in [5.41, 5.74) is 6.27. The third-order valence-corrected chi connectivity index (χ3v) is 3.47. The number of carboxylic acids is 1. The Morgan fingerprint density at radius 2 is 2.21 bits per heavy atom. The Bertz CT molecular complexity index is 458. The molecule has 1 fully saturated rings. The third kappa shape index (κ3) is 3.35. The van der Waals surface area contributed by atoms with Crippen molar-refractivity contribution in [1.29, 1.82) is 0 Å². The van der Waals surface area contributed by atoms with Crippen LogP contribution in [0.15, 0.2) is 12.1 Å². The molecule has 0 aromatic carbocycles. The van der Waals surface area contributed by atoms with Gasteiger partial charge in [0.1, 0.15) is 5.82 Å². The molecule has 1 aromatic heterocycles. The van der Waals surface area contributed by atoms with E-state index in [-0.39, 0.29) is 5.69 Å². The highest BCUT2D eigenvalue weighted by atomic mass is 16.4. The second-order valence-corrected chi connectivity index (χ2v) is 4.91. The van der Waals surface area contributed by atoms with E-state index in [1.54, 1.807) is 6.07 Å². The first-order chi connectivity index (χ1) is 9.08. The van der Waals surface area contributed by atoms with Gasteiger partial charge in [-0.15, -0.1) is 0 Å². The lowest BCUT2D eigenvalue weighted by molar-refractivity contribution is 0.0690. The molecule has 0 saturated carbocycles. The van der Waals surface area contributed by atoms with Gasteiger partial charge in [0.25, 0.3) is 0 Å². The Morgan fingerprint density at radius 3 is 2.84 bits per heavy atom. The van der Waals surface area contributed by atoms with Crippen LogP contribution in [-0.4, -0.2) is 46.6 Å². The zero-order chi connectivity index (χ0) is 13.8. The van der Waals surface area contributed by atoms with Gasteiger partial charge in [0.15, 0.2) is 5.69 Å². The predicted molar refractivity (Wildman–Crippen MR) is 74.4 cm³/mol. The largest absolute Gasteiger partial charge is 0.477 e. The molecule has 1 unspecified atom stereocenters. The number of carbonyl (C=O) groups is 1. The summed E-state index contributed by atoms with van der Waals surface area (Å²) in [6.07, 6.45) is 2.50. The molecule has 1 aromatic rings. The van der Waals surface area contributed by atoms with Gasteiger partial charge >= 0.3 is 5.97 Å². The molecule has 1 saturated heterocycles. The Hall–Kier alpha value is -1.82. The number of likely N-dealkylation sites (tertiary alicyclic amines) is 1. The van der Waals surface area contributed by atoms with Crippen LogP contribution in [0.5, 0.6) is 0 Å². The van der Waals surface area contributed by atoms with E-state index in [4.69, 9.17) is 10.8 Å². The van der Waals surface area contributed by atoms with Crippen LogP contribution in [0.25, 0.3) is 0 Å². The zero-order valence-corrected chi connectivity index (χ0v) is 11.1. The molecule has 2 heterocycles. The minimum atomic E-state index is -1.05. The molecule has 2 rings (SSSR count). The summed E-state index contributed by atoms with van der Waals surface area (Å²) in [6.45, 7) is 5.11. The summed E-state index contributed by atoms with van der Waals surface area (Å²) in [4.78, 5) is 17.3. The molecule has 0 aliphatic carbocycles. The lowest BCUT2D eigenvalue weighted by Crippen LogP contribution is -2.35. The summed E-state index contributed by atoms with van der Waals surface area (Å²) in [5, 5.41) is 12.1.